The number of rotatable bonds is 3. The molecule has 0 radical (unpaired) electrons. The number of hydrogen-bond donors (Lipinski definition) is 1. The fourth-order valence-electron chi connectivity index (χ4n) is 4.64. The van der Waals surface area contributed by atoms with Crippen molar-refractivity contribution in [2.45, 2.75) is 31.7 Å². The average Bonchev–Trinajstić information content (AvgIpc) is 3.46. The van der Waals surface area contributed by atoms with Crippen molar-refractivity contribution in [1.82, 2.24) is 14.8 Å². The van der Waals surface area contributed by atoms with Crippen LogP contribution in [0.5, 0.6) is 0 Å². The number of piperidine rings is 1. The van der Waals surface area contributed by atoms with E-state index < -0.39 is 0 Å². The van der Waals surface area contributed by atoms with Crippen molar-refractivity contribution < 1.29 is 9.59 Å². The molecule has 0 unspecified atom stereocenters. The van der Waals surface area contributed by atoms with Gasteiger partial charge < -0.3 is 15.1 Å². The van der Waals surface area contributed by atoms with E-state index in [2.05, 4.69) is 11.4 Å². The molecule has 160 valence electrons. The lowest BCUT2D eigenvalue weighted by molar-refractivity contribution is -0.137. The van der Waals surface area contributed by atoms with Gasteiger partial charge in [-0.3, -0.25) is 4.79 Å². The molecule has 2 saturated heterocycles. The Morgan fingerprint density at radius 2 is 1.74 bits per heavy atom. The van der Waals surface area contributed by atoms with Gasteiger partial charge in [-0.2, -0.15) is 0 Å². The van der Waals surface area contributed by atoms with Crippen molar-refractivity contribution in [2.24, 2.45) is 5.92 Å². The Morgan fingerprint density at radius 1 is 0.968 bits per heavy atom. The summed E-state index contributed by atoms with van der Waals surface area (Å²) in [5.41, 5.74) is 1.78. The number of para-hydroxylation sites is 2. The number of benzene rings is 2. The van der Waals surface area contributed by atoms with Crippen LogP contribution in [-0.2, 0) is 4.79 Å². The molecule has 2 fully saturated rings. The summed E-state index contributed by atoms with van der Waals surface area (Å²) in [7, 11) is 0. The summed E-state index contributed by atoms with van der Waals surface area (Å²) in [4.78, 5) is 34.8. The van der Waals surface area contributed by atoms with Gasteiger partial charge in [0.25, 0.3) is 0 Å². The second-order valence-electron chi connectivity index (χ2n) is 8.29. The van der Waals surface area contributed by atoms with Crippen LogP contribution in [0.25, 0.3) is 10.2 Å². The van der Waals surface area contributed by atoms with Crippen LogP contribution in [0.2, 0.25) is 0 Å². The van der Waals surface area contributed by atoms with Gasteiger partial charge in [0.15, 0.2) is 0 Å². The molecule has 5 rings (SSSR count). The maximum atomic E-state index is 13.5. The molecule has 6 nitrogen and oxygen atoms in total. The quantitative estimate of drug-likeness (QED) is 0.637. The summed E-state index contributed by atoms with van der Waals surface area (Å²) in [5, 5.41) is 3.97. The molecule has 0 spiro atoms. The number of urea groups is 1. The van der Waals surface area contributed by atoms with Crippen molar-refractivity contribution in [3.63, 3.8) is 0 Å². The summed E-state index contributed by atoms with van der Waals surface area (Å²) >= 11 is 1.69. The zero-order valence-corrected chi connectivity index (χ0v) is 18.2. The van der Waals surface area contributed by atoms with Crippen molar-refractivity contribution in [3.05, 3.63) is 59.6 Å². The first kappa shape index (κ1) is 20.0. The fraction of sp³-hybridized carbons (Fsp3) is 0.375. The normalized spacial score (nSPS) is 21.4. The van der Waals surface area contributed by atoms with Gasteiger partial charge in [-0.05, 0) is 49.9 Å². The molecular formula is C24H26N4O2S. The number of nitrogens with one attached hydrogen (secondary N) is 1. The molecule has 0 saturated carbocycles. The van der Waals surface area contributed by atoms with Gasteiger partial charge in [-0.15, -0.1) is 11.3 Å². The minimum atomic E-state index is -0.148. The van der Waals surface area contributed by atoms with E-state index in [4.69, 9.17) is 4.98 Å². The van der Waals surface area contributed by atoms with Crippen LogP contribution in [0.4, 0.5) is 10.5 Å². The molecule has 1 aromatic heterocycles. The first-order valence-corrected chi connectivity index (χ1v) is 11.8. The van der Waals surface area contributed by atoms with Gasteiger partial charge in [-0.1, -0.05) is 30.3 Å². The van der Waals surface area contributed by atoms with Crippen LogP contribution in [0, 0.1) is 5.92 Å². The standard InChI is InChI=1S/C24H26N4O2S/c29-23(17-8-6-14-27(16-17)24(30)25-18-9-2-1-3-10-18)28-15-7-12-20(28)22-26-19-11-4-5-13-21(19)31-22/h1-5,9-11,13,17,20H,6-8,12,14-16H2,(H,25,30)/t17-,20+/m1/s1. The highest BCUT2D eigenvalue weighted by Gasteiger charge is 2.37. The van der Waals surface area contributed by atoms with E-state index in [1.54, 1.807) is 16.2 Å². The van der Waals surface area contributed by atoms with Gasteiger partial charge in [0, 0.05) is 25.3 Å². The minimum Gasteiger partial charge on any atom is -0.333 e. The molecule has 2 aliphatic rings. The highest BCUT2D eigenvalue weighted by molar-refractivity contribution is 7.18. The number of carbonyl (C=O) groups excluding carboxylic acids is 2. The number of anilines is 1. The van der Waals surface area contributed by atoms with Crippen LogP contribution < -0.4 is 5.32 Å². The molecule has 3 amide bonds. The lowest BCUT2D eigenvalue weighted by Crippen LogP contribution is -2.47. The third kappa shape index (κ3) is 4.14. The second kappa shape index (κ2) is 8.67. The van der Waals surface area contributed by atoms with E-state index in [1.807, 2.05) is 53.4 Å². The Morgan fingerprint density at radius 3 is 2.58 bits per heavy atom. The summed E-state index contributed by atoms with van der Waals surface area (Å²) in [6, 6.07) is 17.5. The lowest BCUT2D eigenvalue weighted by Gasteiger charge is -2.35. The summed E-state index contributed by atoms with van der Waals surface area (Å²) in [5.74, 6) is 0.0178. The Kier molecular flexibility index (Phi) is 5.59. The van der Waals surface area contributed by atoms with E-state index in [0.29, 0.717) is 13.1 Å². The number of amides is 3. The minimum absolute atomic E-state index is 0.0541. The molecule has 3 aromatic rings. The van der Waals surface area contributed by atoms with E-state index in [-0.39, 0.29) is 23.9 Å². The highest BCUT2D eigenvalue weighted by atomic mass is 32.1. The third-order valence-corrected chi connectivity index (χ3v) is 7.35. The maximum absolute atomic E-state index is 13.5. The first-order valence-electron chi connectivity index (χ1n) is 11.0. The van der Waals surface area contributed by atoms with E-state index in [9.17, 15) is 9.59 Å². The molecule has 1 N–H and O–H groups in total. The first-order chi connectivity index (χ1) is 15.2. The van der Waals surface area contributed by atoms with Crippen LogP contribution in [0.1, 0.15) is 36.7 Å². The molecule has 3 heterocycles. The van der Waals surface area contributed by atoms with Gasteiger partial charge in [0.2, 0.25) is 5.91 Å². The van der Waals surface area contributed by atoms with Crippen LogP contribution in [0.3, 0.4) is 0 Å². The molecule has 31 heavy (non-hydrogen) atoms. The average molecular weight is 435 g/mol. The number of carbonyl (C=O) groups is 2. The fourth-order valence-corrected chi connectivity index (χ4v) is 5.76. The predicted octanol–water partition coefficient (Wildman–Crippen LogP) is 4.90. The van der Waals surface area contributed by atoms with Gasteiger partial charge in [0.1, 0.15) is 5.01 Å². The number of likely N-dealkylation sites (tertiary alicyclic amines) is 2. The Labute approximate surface area is 185 Å². The summed E-state index contributed by atoms with van der Waals surface area (Å²) in [6.45, 7) is 1.93. The molecule has 0 aliphatic carbocycles. The number of fused-ring (bicyclic) bond motifs is 1. The largest absolute Gasteiger partial charge is 0.333 e. The zero-order valence-electron chi connectivity index (χ0n) is 17.4. The SMILES string of the molecule is O=C(Nc1ccccc1)N1CCC[C@@H](C(=O)N2CCC[C@H]2c2nc3ccccc3s2)C1. The maximum Gasteiger partial charge on any atom is 0.321 e. The predicted molar refractivity (Wildman–Crippen MR) is 123 cm³/mol. The topological polar surface area (TPSA) is 65.5 Å². The molecular weight excluding hydrogens is 408 g/mol. The Balaban J connectivity index is 1.28. The molecule has 2 aromatic carbocycles. The van der Waals surface area contributed by atoms with Crippen LogP contribution in [0.15, 0.2) is 54.6 Å². The van der Waals surface area contributed by atoms with E-state index in [1.165, 1.54) is 4.70 Å². The monoisotopic (exact) mass is 434 g/mol. The van der Waals surface area contributed by atoms with Gasteiger partial charge in [-0.25, -0.2) is 9.78 Å². The molecule has 2 aliphatic heterocycles. The number of hydrogen-bond acceptors (Lipinski definition) is 4. The van der Waals surface area contributed by atoms with Crippen molar-refractivity contribution in [2.75, 3.05) is 25.0 Å². The lowest BCUT2D eigenvalue weighted by atomic mass is 9.96. The summed E-state index contributed by atoms with van der Waals surface area (Å²) < 4.78 is 1.17. The van der Waals surface area contributed by atoms with E-state index >= 15 is 0 Å². The van der Waals surface area contributed by atoms with Crippen LogP contribution >= 0.6 is 11.3 Å². The molecule has 0 bridgehead atoms. The Bertz CT molecular complexity index is 1050. The second-order valence-corrected chi connectivity index (χ2v) is 9.35. The van der Waals surface area contributed by atoms with Crippen molar-refractivity contribution in [3.8, 4) is 0 Å². The van der Waals surface area contributed by atoms with Crippen molar-refractivity contribution in [1.29, 1.82) is 0 Å². The Hall–Kier alpha value is -2.93. The number of nitrogens with zero attached hydrogens (tertiary/aromatic N) is 3. The summed E-state index contributed by atoms with van der Waals surface area (Å²) in [6.07, 6.45) is 3.63. The molecule has 2 atom stereocenters. The number of aromatic nitrogens is 1. The zero-order chi connectivity index (χ0) is 21.2. The number of thiazole rings is 1. The van der Waals surface area contributed by atoms with Crippen molar-refractivity contribution >= 4 is 39.2 Å². The highest BCUT2D eigenvalue weighted by Crippen LogP contribution is 2.38. The third-order valence-electron chi connectivity index (χ3n) is 6.21. The van der Waals surface area contributed by atoms with Gasteiger partial charge in [0.05, 0.1) is 22.2 Å². The smallest absolute Gasteiger partial charge is 0.321 e. The van der Waals surface area contributed by atoms with Gasteiger partial charge >= 0.3 is 6.03 Å². The van der Waals surface area contributed by atoms with E-state index in [0.717, 1.165) is 48.4 Å². The molecule has 7 heteroatoms. The van der Waals surface area contributed by atoms with Crippen LogP contribution in [-0.4, -0.2) is 46.4 Å².